The second-order valence-corrected chi connectivity index (χ2v) is 8.29. The lowest BCUT2D eigenvalue weighted by Gasteiger charge is -2.29. The minimum Gasteiger partial charge on any atom is -0.380 e. The maximum Gasteiger partial charge on any atom is 0.196 e. The van der Waals surface area contributed by atoms with Crippen molar-refractivity contribution in [3.8, 4) is 11.3 Å². The Morgan fingerprint density at radius 3 is 2.44 bits per heavy atom. The lowest BCUT2D eigenvalue weighted by atomic mass is 9.86. The monoisotopic (exact) mass is 423 g/mol. The van der Waals surface area contributed by atoms with Crippen molar-refractivity contribution in [1.82, 2.24) is 5.16 Å². The van der Waals surface area contributed by atoms with Crippen LogP contribution in [0, 0.1) is 0 Å². The van der Waals surface area contributed by atoms with Crippen LogP contribution in [-0.2, 0) is 11.3 Å². The molecule has 0 saturated carbocycles. The van der Waals surface area contributed by atoms with Gasteiger partial charge in [-0.25, -0.2) is 0 Å². The number of nitrogens with one attached hydrogen (secondary N) is 1. The van der Waals surface area contributed by atoms with E-state index in [1.807, 2.05) is 48.5 Å². The van der Waals surface area contributed by atoms with E-state index in [0.717, 1.165) is 27.9 Å². The Balaban J connectivity index is 1.54. The molecular formula is C26H21N3O3. The molecule has 1 saturated heterocycles. The zero-order valence-corrected chi connectivity index (χ0v) is 17.4. The summed E-state index contributed by atoms with van der Waals surface area (Å²) in [7, 11) is 0. The molecule has 4 aromatic rings. The van der Waals surface area contributed by atoms with Crippen molar-refractivity contribution in [1.29, 1.82) is 0 Å². The van der Waals surface area contributed by atoms with Gasteiger partial charge in [-0.3, -0.25) is 9.59 Å². The molecule has 3 aromatic carbocycles. The molecule has 1 fully saturated rings. The summed E-state index contributed by atoms with van der Waals surface area (Å²) in [5.41, 5.74) is 5.45. The molecule has 6 heteroatoms. The van der Waals surface area contributed by atoms with Gasteiger partial charge in [-0.15, -0.1) is 0 Å². The average molecular weight is 423 g/mol. The summed E-state index contributed by atoms with van der Waals surface area (Å²) >= 11 is 0. The number of rotatable bonds is 4. The van der Waals surface area contributed by atoms with Gasteiger partial charge >= 0.3 is 0 Å². The Labute approximate surface area is 184 Å². The molecule has 0 amide bonds. The number of ketones is 2. The van der Waals surface area contributed by atoms with Crippen molar-refractivity contribution in [2.24, 2.45) is 0 Å². The molecule has 1 aromatic heterocycles. The zero-order chi connectivity index (χ0) is 21.7. The molecule has 158 valence electrons. The SMILES string of the molecule is O=C1CCN(c2cc(NCc3ccccc3)c3c4c(onc24)-c2ccccc2C3=O)CC1. The highest BCUT2D eigenvalue weighted by Crippen LogP contribution is 2.46. The van der Waals surface area contributed by atoms with E-state index in [9.17, 15) is 9.59 Å². The van der Waals surface area contributed by atoms with Crippen molar-refractivity contribution >= 4 is 33.8 Å². The van der Waals surface area contributed by atoms with Crippen LogP contribution in [0.5, 0.6) is 0 Å². The van der Waals surface area contributed by atoms with E-state index < -0.39 is 0 Å². The summed E-state index contributed by atoms with van der Waals surface area (Å²) in [5, 5.41) is 8.63. The number of nitrogens with zero attached hydrogens (tertiary/aromatic N) is 2. The Morgan fingerprint density at radius 2 is 1.66 bits per heavy atom. The highest BCUT2D eigenvalue weighted by molar-refractivity contribution is 6.28. The van der Waals surface area contributed by atoms with Gasteiger partial charge in [0.15, 0.2) is 11.5 Å². The molecular weight excluding hydrogens is 402 g/mol. The molecule has 6 rings (SSSR count). The Hall–Kier alpha value is -3.93. The predicted octanol–water partition coefficient (Wildman–Crippen LogP) is 4.82. The Bertz CT molecular complexity index is 1360. The van der Waals surface area contributed by atoms with E-state index in [0.29, 0.717) is 54.9 Å². The van der Waals surface area contributed by atoms with Crippen LogP contribution in [0.1, 0.15) is 34.3 Å². The van der Waals surface area contributed by atoms with Gasteiger partial charge in [0, 0.05) is 49.3 Å². The fourth-order valence-corrected chi connectivity index (χ4v) is 4.71. The number of piperidine rings is 1. The van der Waals surface area contributed by atoms with Gasteiger partial charge < -0.3 is 14.7 Å². The molecule has 32 heavy (non-hydrogen) atoms. The quantitative estimate of drug-likeness (QED) is 0.447. The Morgan fingerprint density at radius 1 is 0.938 bits per heavy atom. The van der Waals surface area contributed by atoms with Gasteiger partial charge in [0.1, 0.15) is 11.3 Å². The van der Waals surface area contributed by atoms with Crippen LogP contribution >= 0.6 is 0 Å². The van der Waals surface area contributed by atoms with Gasteiger partial charge in [0.25, 0.3) is 0 Å². The summed E-state index contributed by atoms with van der Waals surface area (Å²) in [4.78, 5) is 27.6. The van der Waals surface area contributed by atoms with Crippen molar-refractivity contribution in [3.05, 3.63) is 77.4 Å². The molecule has 2 aliphatic rings. The summed E-state index contributed by atoms with van der Waals surface area (Å²) in [6.45, 7) is 1.86. The average Bonchev–Trinajstić information content (AvgIpc) is 3.28. The van der Waals surface area contributed by atoms with Gasteiger partial charge in [0.2, 0.25) is 0 Å². The normalized spacial score (nSPS) is 15.2. The fraction of sp³-hybridized carbons (Fsp3) is 0.192. The van der Waals surface area contributed by atoms with Crippen molar-refractivity contribution in [3.63, 3.8) is 0 Å². The van der Waals surface area contributed by atoms with Crippen molar-refractivity contribution in [2.45, 2.75) is 19.4 Å². The van der Waals surface area contributed by atoms with Crippen LogP contribution in [0.4, 0.5) is 11.4 Å². The molecule has 1 aliphatic heterocycles. The highest BCUT2D eigenvalue weighted by atomic mass is 16.5. The number of Topliss-reactive ketones (excluding diaryl/α,β-unsaturated/α-hetero) is 1. The summed E-state index contributed by atoms with van der Waals surface area (Å²) in [5.74, 6) is 0.878. The van der Waals surface area contributed by atoms with Crippen LogP contribution in [0.2, 0.25) is 0 Å². The third kappa shape index (κ3) is 2.91. The van der Waals surface area contributed by atoms with E-state index in [4.69, 9.17) is 4.52 Å². The third-order valence-electron chi connectivity index (χ3n) is 6.37. The number of hydrogen-bond donors (Lipinski definition) is 1. The second-order valence-electron chi connectivity index (χ2n) is 8.29. The number of hydrogen-bond acceptors (Lipinski definition) is 6. The van der Waals surface area contributed by atoms with Crippen LogP contribution in [0.15, 0.2) is 65.2 Å². The third-order valence-corrected chi connectivity index (χ3v) is 6.37. The summed E-state index contributed by atoms with van der Waals surface area (Å²) in [6.07, 6.45) is 1.03. The first-order chi connectivity index (χ1) is 15.7. The Kier molecular flexibility index (Phi) is 4.31. The predicted molar refractivity (Wildman–Crippen MR) is 123 cm³/mol. The first-order valence-corrected chi connectivity index (χ1v) is 10.9. The maximum atomic E-state index is 13.6. The number of anilines is 2. The minimum absolute atomic E-state index is 0.0303. The maximum absolute atomic E-state index is 13.6. The highest BCUT2D eigenvalue weighted by Gasteiger charge is 2.34. The number of carbonyl (C=O) groups is 2. The topological polar surface area (TPSA) is 75.4 Å². The van der Waals surface area contributed by atoms with Crippen LogP contribution < -0.4 is 10.2 Å². The molecule has 1 aliphatic carbocycles. The first-order valence-electron chi connectivity index (χ1n) is 10.9. The molecule has 0 atom stereocenters. The van der Waals surface area contributed by atoms with E-state index in [1.54, 1.807) is 0 Å². The molecule has 1 N–H and O–H groups in total. The number of benzene rings is 3. The summed E-state index contributed by atoms with van der Waals surface area (Å²) in [6, 6.07) is 19.6. The molecule has 0 spiro atoms. The summed E-state index contributed by atoms with van der Waals surface area (Å²) < 4.78 is 5.82. The zero-order valence-electron chi connectivity index (χ0n) is 17.4. The lowest BCUT2D eigenvalue weighted by molar-refractivity contribution is -0.119. The number of fused-ring (bicyclic) bond motifs is 2. The van der Waals surface area contributed by atoms with Gasteiger partial charge in [-0.1, -0.05) is 59.8 Å². The molecule has 6 nitrogen and oxygen atoms in total. The van der Waals surface area contributed by atoms with Crippen molar-refractivity contribution < 1.29 is 14.1 Å². The molecule has 2 heterocycles. The molecule has 0 radical (unpaired) electrons. The van der Waals surface area contributed by atoms with Crippen LogP contribution in [0.25, 0.3) is 22.2 Å². The number of aromatic nitrogens is 1. The fourth-order valence-electron chi connectivity index (χ4n) is 4.71. The minimum atomic E-state index is -0.0303. The number of carbonyl (C=O) groups excluding carboxylic acids is 2. The largest absolute Gasteiger partial charge is 0.380 e. The smallest absolute Gasteiger partial charge is 0.196 e. The lowest BCUT2D eigenvalue weighted by Crippen LogP contribution is -2.34. The van der Waals surface area contributed by atoms with Crippen LogP contribution in [-0.4, -0.2) is 29.8 Å². The van der Waals surface area contributed by atoms with Crippen LogP contribution in [0.3, 0.4) is 0 Å². The van der Waals surface area contributed by atoms with Gasteiger partial charge in [0.05, 0.1) is 16.6 Å². The van der Waals surface area contributed by atoms with Gasteiger partial charge in [-0.05, 0) is 11.6 Å². The van der Waals surface area contributed by atoms with E-state index >= 15 is 0 Å². The van der Waals surface area contributed by atoms with E-state index in [-0.39, 0.29) is 11.6 Å². The molecule has 0 unspecified atom stereocenters. The van der Waals surface area contributed by atoms with E-state index in [1.165, 1.54) is 0 Å². The standard InChI is InChI=1S/C26H21N3O3/c30-17-10-12-29(13-11-17)21-14-20(27-15-16-6-2-1-3-7-16)22-23-24(21)28-32-26(23)19-9-5-4-8-18(19)25(22)31/h1-9,14,27H,10-13,15H2. The van der Waals surface area contributed by atoms with Crippen molar-refractivity contribution in [2.75, 3.05) is 23.3 Å². The molecule has 0 bridgehead atoms. The van der Waals surface area contributed by atoms with E-state index in [2.05, 4.69) is 27.5 Å². The van der Waals surface area contributed by atoms with Gasteiger partial charge in [-0.2, -0.15) is 0 Å². The second kappa shape index (κ2) is 7.34. The first kappa shape index (κ1) is 18.8.